The molecule has 2 aromatic carbocycles. The first-order valence-electron chi connectivity index (χ1n) is 7.29. The minimum Gasteiger partial charge on any atom is -0.457 e. The zero-order valence-electron chi connectivity index (χ0n) is 12.7. The first-order valence-corrected chi connectivity index (χ1v) is 8.17. The number of hydrogen-bond acceptors (Lipinski definition) is 5. The minimum absolute atomic E-state index is 0.213. The number of hydrogen-bond donors (Lipinski definition) is 0. The molecule has 0 aliphatic rings. The van der Waals surface area contributed by atoms with Crippen LogP contribution >= 0.6 is 11.3 Å². The number of esters is 1. The maximum atomic E-state index is 12.1. The highest BCUT2D eigenvalue weighted by molar-refractivity contribution is 7.12. The Bertz CT molecular complexity index is 826. The monoisotopic (exact) mass is 338 g/mol. The molecule has 0 spiro atoms. The zero-order chi connectivity index (χ0) is 16.8. The lowest BCUT2D eigenvalue weighted by Gasteiger charge is -2.07. The van der Waals surface area contributed by atoms with Crippen LogP contribution < -0.4 is 4.74 Å². The van der Waals surface area contributed by atoms with Gasteiger partial charge in [-0.15, -0.1) is 11.3 Å². The molecular formula is C19H14O4S. The number of para-hydroxylation sites is 1. The average Bonchev–Trinajstić information content (AvgIpc) is 3.15. The molecule has 1 aromatic heterocycles. The summed E-state index contributed by atoms with van der Waals surface area (Å²) in [4.78, 5) is 24.5. The number of rotatable bonds is 6. The van der Waals surface area contributed by atoms with Crippen molar-refractivity contribution in [2.24, 2.45) is 0 Å². The van der Waals surface area contributed by atoms with E-state index in [9.17, 15) is 9.59 Å². The standard InChI is InChI=1S/C19H14O4S/c20-17(18-10-5-11-24-18)13-22-19(21)14-6-4-9-16(12-14)23-15-7-2-1-3-8-15/h1-12H,13H2. The Morgan fingerprint density at radius 1 is 0.875 bits per heavy atom. The van der Waals surface area contributed by atoms with Crippen molar-refractivity contribution in [3.8, 4) is 11.5 Å². The fourth-order valence-corrected chi connectivity index (χ4v) is 2.69. The summed E-state index contributed by atoms with van der Waals surface area (Å²) < 4.78 is 10.8. The highest BCUT2D eigenvalue weighted by atomic mass is 32.1. The molecule has 0 aliphatic carbocycles. The van der Waals surface area contributed by atoms with E-state index >= 15 is 0 Å². The Morgan fingerprint density at radius 2 is 1.67 bits per heavy atom. The molecule has 5 heteroatoms. The zero-order valence-corrected chi connectivity index (χ0v) is 13.5. The third-order valence-corrected chi connectivity index (χ3v) is 4.09. The van der Waals surface area contributed by atoms with E-state index in [1.165, 1.54) is 11.3 Å². The minimum atomic E-state index is -0.557. The lowest BCUT2D eigenvalue weighted by Crippen LogP contribution is -2.13. The maximum Gasteiger partial charge on any atom is 0.338 e. The van der Waals surface area contributed by atoms with Crippen molar-refractivity contribution in [1.82, 2.24) is 0 Å². The third kappa shape index (κ3) is 4.08. The van der Waals surface area contributed by atoms with Crippen LogP contribution in [0.3, 0.4) is 0 Å². The summed E-state index contributed by atoms with van der Waals surface area (Å²) in [5.74, 6) is 0.435. The highest BCUT2D eigenvalue weighted by Crippen LogP contribution is 2.22. The van der Waals surface area contributed by atoms with Crippen LogP contribution in [0.5, 0.6) is 11.5 Å². The van der Waals surface area contributed by atoms with E-state index in [4.69, 9.17) is 9.47 Å². The maximum absolute atomic E-state index is 12.1. The van der Waals surface area contributed by atoms with Gasteiger partial charge in [0.05, 0.1) is 10.4 Å². The van der Waals surface area contributed by atoms with E-state index in [0.717, 1.165) is 0 Å². The summed E-state index contributed by atoms with van der Waals surface area (Å²) in [6, 6.07) is 19.4. The van der Waals surface area contributed by atoms with Crippen LogP contribution in [0, 0.1) is 0 Å². The van der Waals surface area contributed by atoms with Crippen LogP contribution in [0.1, 0.15) is 20.0 Å². The lowest BCUT2D eigenvalue weighted by molar-refractivity contribution is 0.0475. The molecule has 0 radical (unpaired) electrons. The molecule has 0 unspecified atom stereocenters. The summed E-state index contributed by atoms with van der Waals surface area (Å²) in [6.07, 6.45) is 0. The van der Waals surface area contributed by atoms with Crippen molar-refractivity contribution in [3.63, 3.8) is 0 Å². The largest absolute Gasteiger partial charge is 0.457 e. The Hall–Kier alpha value is -2.92. The van der Waals surface area contributed by atoms with Crippen molar-refractivity contribution in [2.45, 2.75) is 0 Å². The fourth-order valence-electron chi connectivity index (χ4n) is 2.03. The van der Waals surface area contributed by atoms with Gasteiger partial charge >= 0.3 is 5.97 Å². The number of carbonyl (C=O) groups excluding carboxylic acids is 2. The quantitative estimate of drug-likeness (QED) is 0.488. The molecule has 0 amide bonds. The van der Waals surface area contributed by atoms with Crippen molar-refractivity contribution in [1.29, 1.82) is 0 Å². The number of benzene rings is 2. The van der Waals surface area contributed by atoms with Gasteiger partial charge in [-0.05, 0) is 41.8 Å². The summed E-state index contributed by atoms with van der Waals surface area (Å²) >= 11 is 1.32. The molecule has 0 saturated carbocycles. The van der Waals surface area contributed by atoms with Crippen molar-refractivity contribution < 1.29 is 19.1 Å². The number of ketones is 1. The molecule has 0 atom stereocenters. The molecule has 0 fully saturated rings. The predicted octanol–water partition coefficient (Wildman–Crippen LogP) is 4.58. The van der Waals surface area contributed by atoms with Gasteiger partial charge in [-0.2, -0.15) is 0 Å². The van der Waals surface area contributed by atoms with E-state index in [0.29, 0.717) is 21.9 Å². The normalized spacial score (nSPS) is 10.2. The Kier molecular flexibility index (Phi) is 5.03. The van der Waals surface area contributed by atoms with Gasteiger partial charge in [0.2, 0.25) is 5.78 Å². The number of thiophene rings is 1. The van der Waals surface area contributed by atoms with Gasteiger partial charge in [0, 0.05) is 0 Å². The fraction of sp³-hybridized carbons (Fsp3) is 0.0526. The van der Waals surface area contributed by atoms with E-state index in [-0.39, 0.29) is 12.4 Å². The smallest absolute Gasteiger partial charge is 0.338 e. The van der Waals surface area contributed by atoms with Gasteiger partial charge in [0.15, 0.2) is 6.61 Å². The lowest BCUT2D eigenvalue weighted by atomic mass is 10.2. The first kappa shape index (κ1) is 16.0. The predicted molar refractivity (Wildman–Crippen MR) is 91.9 cm³/mol. The highest BCUT2D eigenvalue weighted by Gasteiger charge is 2.13. The number of Topliss-reactive ketones (excluding diaryl/α,β-unsaturated/α-hetero) is 1. The van der Waals surface area contributed by atoms with E-state index in [2.05, 4.69) is 0 Å². The molecule has 0 aliphatic heterocycles. The molecule has 3 aromatic rings. The van der Waals surface area contributed by atoms with Gasteiger partial charge in [-0.1, -0.05) is 30.3 Å². The third-order valence-electron chi connectivity index (χ3n) is 3.18. The molecule has 120 valence electrons. The first-order chi connectivity index (χ1) is 11.7. The van der Waals surface area contributed by atoms with Crippen molar-refractivity contribution >= 4 is 23.1 Å². The van der Waals surface area contributed by atoms with Gasteiger partial charge in [0.25, 0.3) is 0 Å². The van der Waals surface area contributed by atoms with Crippen LogP contribution in [0.25, 0.3) is 0 Å². The van der Waals surface area contributed by atoms with Gasteiger partial charge in [0.1, 0.15) is 11.5 Å². The number of carbonyl (C=O) groups is 2. The van der Waals surface area contributed by atoms with Crippen molar-refractivity contribution in [3.05, 3.63) is 82.6 Å². The second kappa shape index (κ2) is 7.57. The second-order valence-electron chi connectivity index (χ2n) is 4.92. The molecule has 0 bridgehead atoms. The summed E-state index contributed by atoms with van der Waals surface area (Å²) in [6.45, 7) is -0.275. The van der Waals surface area contributed by atoms with E-state index in [1.807, 2.05) is 30.3 Å². The van der Waals surface area contributed by atoms with Crippen LogP contribution in [-0.2, 0) is 4.74 Å². The molecular weight excluding hydrogens is 324 g/mol. The molecule has 4 nitrogen and oxygen atoms in total. The van der Waals surface area contributed by atoms with Crippen LogP contribution in [-0.4, -0.2) is 18.4 Å². The summed E-state index contributed by atoms with van der Waals surface area (Å²) in [5.41, 5.74) is 0.336. The van der Waals surface area contributed by atoms with Gasteiger partial charge in [-0.25, -0.2) is 4.79 Å². The van der Waals surface area contributed by atoms with Crippen LogP contribution in [0.4, 0.5) is 0 Å². The Labute approximate surface area is 143 Å². The SMILES string of the molecule is O=C(OCC(=O)c1cccs1)c1cccc(Oc2ccccc2)c1. The Balaban J connectivity index is 1.63. The van der Waals surface area contributed by atoms with E-state index in [1.54, 1.807) is 41.8 Å². The molecule has 3 rings (SSSR count). The van der Waals surface area contributed by atoms with Gasteiger partial charge in [-0.3, -0.25) is 4.79 Å². The topological polar surface area (TPSA) is 52.6 Å². The molecule has 1 heterocycles. The van der Waals surface area contributed by atoms with E-state index < -0.39 is 5.97 Å². The Morgan fingerprint density at radius 3 is 2.42 bits per heavy atom. The van der Waals surface area contributed by atoms with Crippen LogP contribution in [0.15, 0.2) is 72.1 Å². The number of ether oxygens (including phenoxy) is 2. The van der Waals surface area contributed by atoms with Gasteiger partial charge < -0.3 is 9.47 Å². The second-order valence-corrected chi connectivity index (χ2v) is 5.87. The molecule has 0 saturated heterocycles. The molecule has 0 N–H and O–H groups in total. The summed E-state index contributed by atoms with van der Waals surface area (Å²) in [7, 11) is 0. The molecule has 24 heavy (non-hydrogen) atoms. The van der Waals surface area contributed by atoms with Crippen molar-refractivity contribution in [2.75, 3.05) is 6.61 Å². The summed E-state index contributed by atoms with van der Waals surface area (Å²) in [5, 5.41) is 1.81. The average molecular weight is 338 g/mol. The van der Waals surface area contributed by atoms with Crippen LogP contribution in [0.2, 0.25) is 0 Å².